The maximum Gasteiger partial charge on any atom is 0.458 e. The van der Waals surface area contributed by atoms with Crippen LogP contribution in [-0.4, -0.2) is 6.18 Å². The van der Waals surface area contributed by atoms with E-state index < -0.39 is 46.4 Å². The molecule has 0 heterocycles. The Labute approximate surface area is 226 Å². The number of aryl methyl sites for hydroxylation is 1. The molecule has 0 atom stereocenters. The average molecular weight is 559 g/mol. The Hall–Kier alpha value is -4.12. The number of benzene rings is 4. The van der Waals surface area contributed by atoms with Gasteiger partial charge in [0.05, 0.1) is 11.1 Å². The van der Waals surface area contributed by atoms with Crippen molar-refractivity contribution in [3.63, 3.8) is 0 Å². The minimum absolute atomic E-state index is 0.0457. The van der Waals surface area contributed by atoms with Crippen molar-refractivity contribution in [1.82, 2.24) is 0 Å². The van der Waals surface area contributed by atoms with Crippen molar-refractivity contribution in [2.75, 3.05) is 0 Å². The smallest absolute Gasteiger partial charge is 0.206 e. The van der Waals surface area contributed by atoms with Gasteiger partial charge in [0.25, 0.3) is 0 Å². The van der Waals surface area contributed by atoms with E-state index in [1.807, 2.05) is 0 Å². The lowest BCUT2D eigenvalue weighted by Crippen LogP contribution is -2.02. The van der Waals surface area contributed by atoms with E-state index in [4.69, 9.17) is 0 Å². The molecule has 0 saturated carbocycles. The Morgan fingerprint density at radius 1 is 0.750 bits per heavy atom. The zero-order valence-electron chi connectivity index (χ0n) is 21.2. The Kier molecular flexibility index (Phi) is 8.63. The van der Waals surface area contributed by atoms with Gasteiger partial charge in [-0.25, -0.2) is 22.0 Å². The summed E-state index contributed by atoms with van der Waals surface area (Å²) in [5.74, 6) is -2.79. The average Bonchev–Trinajstić information content (AvgIpc) is 2.87. The monoisotopic (exact) mass is 558 g/mol. The summed E-state index contributed by atoms with van der Waals surface area (Å²) >= 11 is 0. The Morgan fingerprint density at radius 2 is 1.48 bits per heavy atom. The van der Waals surface area contributed by atoms with Crippen molar-refractivity contribution < 1.29 is 35.1 Å². The molecule has 0 N–H and O–H groups in total. The van der Waals surface area contributed by atoms with Gasteiger partial charge in [-0.1, -0.05) is 62.1 Å². The van der Waals surface area contributed by atoms with Gasteiger partial charge in [0, 0.05) is 16.9 Å². The second-order valence-corrected chi connectivity index (χ2v) is 9.24. The molecule has 0 amide bonds. The summed E-state index contributed by atoms with van der Waals surface area (Å²) in [4.78, 5) is 0. The molecular formula is C32H22F8. The van der Waals surface area contributed by atoms with Crippen molar-refractivity contribution in [3.05, 3.63) is 106 Å². The summed E-state index contributed by atoms with van der Waals surface area (Å²) in [5.41, 5.74) is -0.337. The summed E-state index contributed by atoms with van der Waals surface area (Å²) < 4.78 is 111. The molecular weight excluding hydrogens is 536 g/mol. The molecule has 0 aromatic heterocycles. The predicted molar refractivity (Wildman–Crippen MR) is 141 cm³/mol. The van der Waals surface area contributed by atoms with Gasteiger partial charge >= 0.3 is 6.18 Å². The van der Waals surface area contributed by atoms with Gasteiger partial charge in [0.15, 0.2) is 0 Å². The van der Waals surface area contributed by atoms with E-state index in [9.17, 15) is 26.3 Å². The van der Waals surface area contributed by atoms with Crippen LogP contribution < -0.4 is 0 Å². The highest BCUT2D eigenvalue weighted by atomic mass is 19.4. The lowest BCUT2D eigenvalue weighted by atomic mass is 9.97. The second kappa shape index (κ2) is 12.0. The molecule has 0 bridgehead atoms. The molecule has 206 valence electrons. The molecule has 0 spiro atoms. The lowest BCUT2D eigenvalue weighted by molar-refractivity contribution is -0.0696. The normalized spacial score (nSPS) is 11.7. The Morgan fingerprint density at radius 3 is 2.12 bits per heavy atom. The van der Waals surface area contributed by atoms with Crippen LogP contribution >= 0.6 is 0 Å². The van der Waals surface area contributed by atoms with Crippen molar-refractivity contribution in [2.45, 2.75) is 38.8 Å². The highest BCUT2D eigenvalue weighted by Crippen LogP contribution is 2.33. The Bertz CT molecular complexity index is 1630. The minimum Gasteiger partial charge on any atom is -0.206 e. The number of fused-ring (bicyclic) bond motifs is 1. The molecule has 8 heteroatoms. The number of hydrogen-bond acceptors (Lipinski definition) is 0. The third-order valence-corrected chi connectivity index (χ3v) is 6.30. The SMILES string of the molecule is CCCCCc1ccc(/C=C/c2cc(F)c(-c3ccc4c(F)c(C#CC(F)(F)F)c(F)cc4c3)c(F)c2)c(F)c1. The molecule has 0 aliphatic heterocycles. The van der Waals surface area contributed by atoms with Crippen molar-refractivity contribution in [3.8, 4) is 23.0 Å². The molecule has 0 aliphatic carbocycles. The number of hydrogen-bond donors (Lipinski definition) is 0. The number of halogens is 8. The van der Waals surface area contributed by atoms with Gasteiger partial charge in [-0.2, -0.15) is 13.2 Å². The standard InChI is InChI=1S/C32H22F8/c1-2-3-4-5-19-6-8-21(26(33)14-19)9-7-20-15-28(35)30(29(36)16-20)22-10-11-24-23(17-22)18-27(34)25(31(24)37)12-13-32(38,39)40/h6-11,14-18H,2-5H2,1H3/b9-7+. The number of alkyl halides is 3. The van der Waals surface area contributed by atoms with Crippen molar-refractivity contribution in [1.29, 1.82) is 0 Å². The zero-order valence-corrected chi connectivity index (χ0v) is 21.2. The summed E-state index contributed by atoms with van der Waals surface area (Å²) in [5, 5.41) is -0.392. The van der Waals surface area contributed by atoms with Crippen molar-refractivity contribution in [2.24, 2.45) is 0 Å². The molecule has 4 rings (SSSR count). The van der Waals surface area contributed by atoms with E-state index >= 15 is 8.78 Å². The highest BCUT2D eigenvalue weighted by Gasteiger charge is 2.24. The first-order valence-corrected chi connectivity index (χ1v) is 12.4. The van der Waals surface area contributed by atoms with Gasteiger partial charge in [0.1, 0.15) is 29.1 Å². The fraction of sp³-hybridized carbons (Fsp3) is 0.188. The summed E-state index contributed by atoms with van der Waals surface area (Å²) in [6.07, 6.45) is 1.63. The summed E-state index contributed by atoms with van der Waals surface area (Å²) in [6.45, 7) is 2.08. The third kappa shape index (κ3) is 6.71. The Balaban J connectivity index is 1.62. The van der Waals surface area contributed by atoms with E-state index in [1.54, 1.807) is 12.1 Å². The van der Waals surface area contributed by atoms with Gasteiger partial charge in [-0.3, -0.25) is 0 Å². The first kappa shape index (κ1) is 28.9. The predicted octanol–water partition coefficient (Wildman–Crippen LogP) is 10.0. The molecule has 0 nitrogen and oxygen atoms in total. The summed E-state index contributed by atoms with van der Waals surface area (Å²) in [7, 11) is 0. The third-order valence-electron chi connectivity index (χ3n) is 6.30. The van der Waals surface area contributed by atoms with Crippen LogP contribution in [0.25, 0.3) is 34.1 Å². The maximum atomic E-state index is 15.0. The van der Waals surface area contributed by atoms with E-state index in [-0.39, 0.29) is 27.5 Å². The molecule has 40 heavy (non-hydrogen) atoms. The lowest BCUT2D eigenvalue weighted by Gasteiger charge is -2.10. The van der Waals surface area contributed by atoms with Gasteiger partial charge in [-0.15, -0.1) is 0 Å². The van der Waals surface area contributed by atoms with E-state index in [0.717, 1.165) is 67.5 Å². The van der Waals surface area contributed by atoms with Crippen molar-refractivity contribution >= 4 is 22.9 Å². The van der Waals surface area contributed by atoms with E-state index in [2.05, 4.69) is 6.92 Å². The molecule has 0 radical (unpaired) electrons. The molecule has 4 aromatic rings. The van der Waals surface area contributed by atoms with E-state index in [0.29, 0.717) is 0 Å². The highest BCUT2D eigenvalue weighted by molar-refractivity contribution is 5.89. The first-order valence-electron chi connectivity index (χ1n) is 12.4. The molecule has 0 aliphatic rings. The molecule has 0 saturated heterocycles. The number of rotatable bonds is 7. The minimum atomic E-state index is -4.94. The van der Waals surface area contributed by atoms with Crippen LogP contribution in [0.5, 0.6) is 0 Å². The van der Waals surface area contributed by atoms with Crippen LogP contribution in [0.3, 0.4) is 0 Å². The molecule has 4 aromatic carbocycles. The largest absolute Gasteiger partial charge is 0.458 e. The van der Waals surface area contributed by atoms with Gasteiger partial charge in [-0.05, 0) is 65.3 Å². The maximum absolute atomic E-state index is 15.0. The van der Waals surface area contributed by atoms with Crippen LogP contribution in [0.2, 0.25) is 0 Å². The van der Waals surface area contributed by atoms with Crippen LogP contribution in [-0.2, 0) is 6.42 Å². The fourth-order valence-corrected chi connectivity index (χ4v) is 4.32. The zero-order chi connectivity index (χ0) is 29.0. The quantitative estimate of drug-likeness (QED) is 0.0917. The summed E-state index contributed by atoms with van der Waals surface area (Å²) in [6, 6.07) is 11.0. The fourth-order valence-electron chi connectivity index (χ4n) is 4.32. The second-order valence-electron chi connectivity index (χ2n) is 9.24. The van der Waals surface area contributed by atoms with Crippen LogP contribution in [0.1, 0.15) is 48.4 Å². The van der Waals surface area contributed by atoms with Gasteiger partial charge < -0.3 is 0 Å². The molecule has 0 unspecified atom stereocenters. The topological polar surface area (TPSA) is 0 Å². The van der Waals surface area contributed by atoms with Crippen LogP contribution in [0.4, 0.5) is 35.1 Å². The number of unbranched alkanes of at least 4 members (excludes halogenated alkanes) is 2. The van der Waals surface area contributed by atoms with E-state index in [1.165, 1.54) is 30.2 Å². The first-order chi connectivity index (χ1) is 19.0. The van der Waals surface area contributed by atoms with Crippen LogP contribution in [0, 0.1) is 40.9 Å². The molecule has 0 fully saturated rings. The van der Waals surface area contributed by atoms with Crippen LogP contribution in [0.15, 0.2) is 54.6 Å². The van der Waals surface area contributed by atoms with Gasteiger partial charge in [0.2, 0.25) is 0 Å².